The van der Waals surface area contributed by atoms with Crippen LogP contribution in [0.5, 0.6) is 0 Å². The lowest BCUT2D eigenvalue weighted by Gasteiger charge is -2.28. The maximum atomic E-state index is 5.68. The Hall–Kier alpha value is -0.0800. The lowest BCUT2D eigenvalue weighted by atomic mass is 9.92. The summed E-state index contributed by atoms with van der Waals surface area (Å²) in [7, 11) is 1.97. The predicted octanol–water partition coefficient (Wildman–Crippen LogP) is 2.44. The normalized spacial score (nSPS) is 13.4. The maximum Gasteiger partial charge on any atom is 0.0643 e. The van der Waals surface area contributed by atoms with Crippen LogP contribution in [-0.4, -0.2) is 25.8 Å². The van der Waals surface area contributed by atoms with Gasteiger partial charge in [0.25, 0.3) is 0 Å². The van der Waals surface area contributed by atoms with E-state index in [0.717, 1.165) is 19.6 Å². The second-order valence-electron chi connectivity index (χ2n) is 5.14. The van der Waals surface area contributed by atoms with Gasteiger partial charge in [0.1, 0.15) is 0 Å². The molecular formula is C11H25NO. The molecule has 0 aliphatic heterocycles. The van der Waals surface area contributed by atoms with Gasteiger partial charge >= 0.3 is 0 Å². The van der Waals surface area contributed by atoms with Gasteiger partial charge in [-0.15, -0.1) is 0 Å². The highest BCUT2D eigenvalue weighted by Crippen LogP contribution is 2.20. The Labute approximate surface area is 83.1 Å². The minimum Gasteiger partial charge on any atom is -0.379 e. The Kier molecular flexibility index (Phi) is 4.93. The topological polar surface area (TPSA) is 21.3 Å². The van der Waals surface area contributed by atoms with Gasteiger partial charge in [-0.25, -0.2) is 0 Å². The molecule has 2 heteroatoms. The number of rotatable bonds is 6. The molecule has 2 nitrogen and oxygen atoms in total. The minimum absolute atomic E-state index is 0.0871. The van der Waals surface area contributed by atoms with Crippen molar-refractivity contribution < 1.29 is 4.74 Å². The van der Waals surface area contributed by atoms with Crippen LogP contribution in [0.15, 0.2) is 0 Å². The van der Waals surface area contributed by atoms with E-state index in [-0.39, 0.29) is 5.54 Å². The zero-order valence-electron chi connectivity index (χ0n) is 10.0. The average Bonchev–Trinajstić information content (AvgIpc) is 2.04. The first kappa shape index (κ1) is 12.9. The van der Waals surface area contributed by atoms with Gasteiger partial charge < -0.3 is 10.1 Å². The van der Waals surface area contributed by atoms with Gasteiger partial charge in [-0.2, -0.15) is 0 Å². The fourth-order valence-corrected chi connectivity index (χ4v) is 0.757. The quantitative estimate of drug-likeness (QED) is 0.689. The van der Waals surface area contributed by atoms with E-state index in [1.807, 2.05) is 7.05 Å². The highest BCUT2D eigenvalue weighted by Gasteiger charge is 2.19. The Morgan fingerprint density at radius 3 is 2.00 bits per heavy atom. The van der Waals surface area contributed by atoms with Gasteiger partial charge in [0.15, 0.2) is 0 Å². The first-order valence-corrected chi connectivity index (χ1v) is 5.10. The summed E-state index contributed by atoms with van der Waals surface area (Å²) in [6.07, 6.45) is 1.16. The second-order valence-corrected chi connectivity index (χ2v) is 5.14. The summed E-state index contributed by atoms with van der Waals surface area (Å²) < 4.78 is 5.68. The van der Waals surface area contributed by atoms with E-state index < -0.39 is 0 Å². The molecule has 0 atom stereocenters. The van der Waals surface area contributed by atoms with Crippen LogP contribution in [0.4, 0.5) is 0 Å². The molecule has 0 radical (unpaired) electrons. The van der Waals surface area contributed by atoms with E-state index >= 15 is 0 Å². The molecule has 0 unspecified atom stereocenters. The number of hydrogen-bond donors (Lipinski definition) is 1. The van der Waals surface area contributed by atoms with Crippen molar-refractivity contribution in [2.75, 3.05) is 20.3 Å². The lowest BCUT2D eigenvalue weighted by Crippen LogP contribution is -2.41. The van der Waals surface area contributed by atoms with E-state index in [1.54, 1.807) is 0 Å². The van der Waals surface area contributed by atoms with E-state index in [2.05, 4.69) is 39.9 Å². The van der Waals surface area contributed by atoms with E-state index in [0.29, 0.717) is 5.41 Å². The van der Waals surface area contributed by atoms with Gasteiger partial charge in [0.2, 0.25) is 0 Å². The molecule has 0 rings (SSSR count). The molecule has 0 aliphatic carbocycles. The van der Waals surface area contributed by atoms with Crippen molar-refractivity contribution in [2.24, 2.45) is 5.41 Å². The van der Waals surface area contributed by atoms with Gasteiger partial charge in [0.05, 0.1) is 13.2 Å². The average molecular weight is 187 g/mol. The molecular weight excluding hydrogens is 162 g/mol. The van der Waals surface area contributed by atoms with Crippen molar-refractivity contribution in [1.29, 1.82) is 0 Å². The minimum atomic E-state index is 0.0871. The van der Waals surface area contributed by atoms with Crippen LogP contribution in [0.3, 0.4) is 0 Å². The Morgan fingerprint density at radius 2 is 1.62 bits per heavy atom. The molecule has 0 aromatic rings. The largest absolute Gasteiger partial charge is 0.379 e. The van der Waals surface area contributed by atoms with E-state index in [1.165, 1.54) is 0 Å². The van der Waals surface area contributed by atoms with E-state index in [4.69, 9.17) is 4.74 Å². The van der Waals surface area contributed by atoms with Gasteiger partial charge in [0, 0.05) is 5.54 Å². The molecule has 13 heavy (non-hydrogen) atoms. The summed E-state index contributed by atoms with van der Waals surface area (Å²) >= 11 is 0. The Morgan fingerprint density at radius 1 is 1.08 bits per heavy atom. The van der Waals surface area contributed by atoms with Gasteiger partial charge in [-0.3, -0.25) is 0 Å². The number of nitrogens with one attached hydrogen (secondary N) is 1. The number of likely N-dealkylation sites (N-methyl/N-ethyl adjacent to an activating group) is 1. The van der Waals surface area contributed by atoms with Crippen molar-refractivity contribution in [3.05, 3.63) is 0 Å². The fraction of sp³-hybridized carbons (Fsp3) is 1.00. The van der Waals surface area contributed by atoms with Crippen molar-refractivity contribution in [3.8, 4) is 0 Å². The first-order chi connectivity index (χ1) is 5.83. The molecule has 0 saturated carbocycles. The summed E-state index contributed by atoms with van der Waals surface area (Å²) in [6, 6.07) is 0. The third-order valence-corrected chi connectivity index (χ3v) is 2.59. The van der Waals surface area contributed by atoms with Crippen molar-refractivity contribution in [1.82, 2.24) is 5.32 Å². The number of ether oxygens (including phenoxy) is 1. The van der Waals surface area contributed by atoms with Crippen LogP contribution in [0, 0.1) is 5.41 Å². The molecule has 0 aromatic carbocycles. The summed E-state index contributed by atoms with van der Waals surface area (Å²) in [5.74, 6) is 0. The molecule has 0 bridgehead atoms. The monoisotopic (exact) mass is 187 g/mol. The summed E-state index contributed by atoms with van der Waals surface area (Å²) in [5, 5.41) is 3.22. The smallest absolute Gasteiger partial charge is 0.0643 e. The third kappa shape index (κ3) is 6.05. The zero-order valence-corrected chi connectivity index (χ0v) is 10.0. The molecule has 80 valence electrons. The SMILES string of the molecule is CCC(C)(C)COCC(C)(C)NC. The van der Waals surface area contributed by atoms with Gasteiger partial charge in [-0.1, -0.05) is 20.8 Å². The number of hydrogen-bond acceptors (Lipinski definition) is 2. The Balaban J connectivity index is 3.68. The molecule has 0 saturated heterocycles. The summed E-state index contributed by atoms with van der Waals surface area (Å²) in [4.78, 5) is 0. The predicted molar refractivity (Wildman–Crippen MR) is 58.0 cm³/mol. The van der Waals surface area contributed by atoms with Crippen LogP contribution in [0.2, 0.25) is 0 Å². The van der Waals surface area contributed by atoms with Crippen LogP contribution >= 0.6 is 0 Å². The highest BCUT2D eigenvalue weighted by molar-refractivity contribution is 4.75. The zero-order chi connectivity index (χ0) is 10.5. The van der Waals surface area contributed by atoms with Gasteiger partial charge in [-0.05, 0) is 32.7 Å². The molecule has 0 fully saturated rings. The fourth-order valence-electron chi connectivity index (χ4n) is 0.757. The van der Waals surface area contributed by atoms with Crippen molar-refractivity contribution in [2.45, 2.75) is 46.6 Å². The van der Waals surface area contributed by atoms with Crippen LogP contribution in [0.1, 0.15) is 41.0 Å². The third-order valence-electron chi connectivity index (χ3n) is 2.59. The Bertz CT molecular complexity index is 125. The molecule has 0 spiro atoms. The second kappa shape index (κ2) is 4.97. The van der Waals surface area contributed by atoms with Crippen molar-refractivity contribution in [3.63, 3.8) is 0 Å². The highest BCUT2D eigenvalue weighted by atomic mass is 16.5. The first-order valence-electron chi connectivity index (χ1n) is 5.10. The molecule has 0 aromatic heterocycles. The molecule has 0 aliphatic rings. The van der Waals surface area contributed by atoms with Crippen LogP contribution in [0.25, 0.3) is 0 Å². The molecule has 0 heterocycles. The summed E-state index contributed by atoms with van der Waals surface area (Å²) in [6.45, 7) is 12.6. The molecule has 1 N–H and O–H groups in total. The standard InChI is InChI=1S/C11H25NO/c1-7-10(2,3)8-13-9-11(4,5)12-6/h12H,7-9H2,1-6H3. The summed E-state index contributed by atoms with van der Waals surface area (Å²) in [5.41, 5.74) is 0.396. The maximum absolute atomic E-state index is 5.68. The molecule has 0 amide bonds. The van der Waals surface area contributed by atoms with Crippen molar-refractivity contribution >= 4 is 0 Å². The van der Waals surface area contributed by atoms with Crippen LogP contribution < -0.4 is 5.32 Å². The van der Waals surface area contributed by atoms with E-state index in [9.17, 15) is 0 Å². The lowest BCUT2D eigenvalue weighted by molar-refractivity contribution is 0.0304. The van der Waals surface area contributed by atoms with Crippen LogP contribution in [-0.2, 0) is 4.74 Å².